The first-order valence-electron chi connectivity index (χ1n) is 8.50. The van der Waals surface area contributed by atoms with Crippen molar-refractivity contribution in [3.8, 4) is 11.8 Å². The van der Waals surface area contributed by atoms with Gasteiger partial charge in [-0.1, -0.05) is 36.4 Å². The molecule has 0 unspecified atom stereocenters. The van der Waals surface area contributed by atoms with Crippen LogP contribution in [-0.2, 0) is 9.59 Å². The summed E-state index contributed by atoms with van der Waals surface area (Å²) in [4.78, 5) is 32.3. The van der Waals surface area contributed by atoms with Crippen LogP contribution in [0.15, 0.2) is 85.2 Å². The maximum absolute atomic E-state index is 12.1. The summed E-state index contributed by atoms with van der Waals surface area (Å²) in [6, 6.07) is 18.4. The Bertz CT molecular complexity index is 1110. The molecule has 6 nitrogen and oxygen atoms in total. The van der Waals surface area contributed by atoms with Gasteiger partial charge in [-0.05, 0) is 35.0 Å². The molecule has 0 atom stereocenters. The van der Waals surface area contributed by atoms with Gasteiger partial charge < -0.3 is 9.47 Å². The molecule has 4 rings (SSSR count). The smallest absolute Gasteiger partial charge is 0.337 e. The predicted molar refractivity (Wildman–Crippen MR) is 104 cm³/mol. The van der Waals surface area contributed by atoms with Gasteiger partial charge in [0.25, 0.3) is 0 Å². The van der Waals surface area contributed by atoms with Crippen LogP contribution in [0, 0.1) is 0 Å². The third-order valence-electron chi connectivity index (χ3n) is 4.02. The van der Waals surface area contributed by atoms with Crippen molar-refractivity contribution in [2.75, 3.05) is 0 Å². The zero-order valence-electron chi connectivity index (χ0n) is 14.6. The fourth-order valence-corrected chi connectivity index (χ4v) is 2.74. The van der Waals surface area contributed by atoms with Gasteiger partial charge in [-0.3, -0.25) is 0 Å². The number of nitrogens with zero attached hydrogens (tertiary/aromatic N) is 2. The summed E-state index contributed by atoms with van der Waals surface area (Å²) in [5, 5.41) is 3.19. The molecule has 28 heavy (non-hydrogen) atoms. The Labute approximate surface area is 160 Å². The predicted octanol–water partition coefficient (Wildman–Crippen LogP) is 3.85. The van der Waals surface area contributed by atoms with Crippen molar-refractivity contribution in [2.24, 2.45) is 0 Å². The van der Waals surface area contributed by atoms with Gasteiger partial charge in [-0.15, -0.1) is 0 Å². The number of pyridine rings is 2. The minimum atomic E-state index is -0.730. The third-order valence-corrected chi connectivity index (χ3v) is 4.02. The summed E-state index contributed by atoms with van der Waals surface area (Å²) < 4.78 is 10.5. The number of hydrogen-bond acceptors (Lipinski definition) is 6. The molecular weight excluding hydrogens is 356 g/mol. The highest BCUT2D eigenvalue weighted by atomic mass is 16.5. The largest absolute Gasteiger partial charge is 0.404 e. The van der Waals surface area contributed by atoms with Crippen LogP contribution in [0.4, 0.5) is 0 Å². The SMILES string of the molecule is O=C(/C=C\C(=O)Oc1nccc2ccccc12)Oc1nccc2ccccc12. The van der Waals surface area contributed by atoms with Gasteiger partial charge in [-0.2, -0.15) is 0 Å². The van der Waals surface area contributed by atoms with Gasteiger partial charge >= 0.3 is 11.9 Å². The van der Waals surface area contributed by atoms with Gasteiger partial charge in [0, 0.05) is 35.3 Å². The first kappa shape index (κ1) is 17.4. The van der Waals surface area contributed by atoms with Crippen molar-refractivity contribution >= 4 is 33.5 Å². The summed E-state index contributed by atoms with van der Waals surface area (Å²) in [7, 11) is 0. The van der Waals surface area contributed by atoms with Gasteiger partial charge in [-0.25, -0.2) is 19.6 Å². The van der Waals surface area contributed by atoms with Gasteiger partial charge in [0.15, 0.2) is 0 Å². The number of carbonyl (C=O) groups excluding carboxylic acids is 2. The summed E-state index contributed by atoms with van der Waals surface area (Å²) in [6.45, 7) is 0. The number of aromatic nitrogens is 2. The molecule has 0 radical (unpaired) electrons. The number of fused-ring (bicyclic) bond motifs is 2. The molecule has 0 fully saturated rings. The molecule has 0 aliphatic carbocycles. The zero-order chi connectivity index (χ0) is 19.3. The van der Waals surface area contributed by atoms with E-state index in [1.54, 1.807) is 24.5 Å². The van der Waals surface area contributed by atoms with Gasteiger partial charge in [0.1, 0.15) is 0 Å². The van der Waals surface area contributed by atoms with Crippen LogP contribution in [0.2, 0.25) is 0 Å². The fraction of sp³-hybridized carbons (Fsp3) is 0. The summed E-state index contributed by atoms with van der Waals surface area (Å²) in [5.41, 5.74) is 0. The number of esters is 2. The van der Waals surface area contributed by atoms with E-state index in [1.165, 1.54) is 0 Å². The number of carbonyl (C=O) groups is 2. The molecule has 6 heteroatoms. The lowest BCUT2D eigenvalue weighted by Crippen LogP contribution is -2.09. The van der Waals surface area contributed by atoms with E-state index in [9.17, 15) is 9.59 Å². The van der Waals surface area contributed by atoms with Crippen LogP contribution in [-0.4, -0.2) is 21.9 Å². The second kappa shape index (κ2) is 7.67. The van der Waals surface area contributed by atoms with Crippen LogP contribution >= 0.6 is 0 Å². The van der Waals surface area contributed by atoms with Crippen LogP contribution in [0.3, 0.4) is 0 Å². The Morgan fingerprint density at radius 1 is 0.643 bits per heavy atom. The molecule has 2 heterocycles. The summed E-state index contributed by atoms with van der Waals surface area (Å²) in [5.74, 6) is -1.10. The highest BCUT2D eigenvalue weighted by Gasteiger charge is 2.10. The number of hydrogen-bond donors (Lipinski definition) is 0. The topological polar surface area (TPSA) is 78.4 Å². The maximum Gasteiger partial charge on any atom is 0.337 e. The van der Waals surface area contributed by atoms with E-state index >= 15 is 0 Å². The number of rotatable bonds is 4. The van der Waals surface area contributed by atoms with Crippen molar-refractivity contribution < 1.29 is 19.1 Å². The first-order chi connectivity index (χ1) is 13.7. The molecule has 0 amide bonds. The van der Waals surface area contributed by atoms with Gasteiger partial charge in [0.2, 0.25) is 11.8 Å². The first-order valence-corrected chi connectivity index (χ1v) is 8.50. The lowest BCUT2D eigenvalue weighted by molar-refractivity contribution is -0.131. The Morgan fingerprint density at radius 3 is 1.54 bits per heavy atom. The molecule has 0 spiro atoms. The van der Waals surface area contributed by atoms with Gasteiger partial charge in [0.05, 0.1) is 0 Å². The van der Waals surface area contributed by atoms with E-state index in [2.05, 4.69) is 9.97 Å². The molecular formula is C22H14N2O4. The standard InChI is InChI=1S/C22H14N2O4/c25-19(27-21-17-7-3-1-5-15(17)11-13-23-21)9-10-20(26)28-22-18-8-4-2-6-16(18)12-14-24-22/h1-14H/b10-9-. The van der Waals surface area contributed by atoms with Crippen molar-refractivity contribution in [3.05, 3.63) is 85.2 Å². The van der Waals surface area contributed by atoms with E-state index in [4.69, 9.17) is 9.47 Å². The lowest BCUT2D eigenvalue weighted by Gasteiger charge is -2.05. The Kier molecular flexibility index (Phi) is 4.76. The van der Waals surface area contributed by atoms with Crippen LogP contribution in [0.5, 0.6) is 11.8 Å². The van der Waals surface area contributed by atoms with Crippen LogP contribution in [0.25, 0.3) is 21.5 Å². The van der Waals surface area contributed by atoms with E-state index < -0.39 is 11.9 Å². The monoisotopic (exact) mass is 370 g/mol. The molecule has 0 bridgehead atoms. The normalized spacial score (nSPS) is 11.0. The van der Waals surface area contributed by atoms with E-state index in [0.717, 1.165) is 22.9 Å². The van der Waals surface area contributed by atoms with Crippen molar-refractivity contribution in [1.82, 2.24) is 9.97 Å². The third kappa shape index (κ3) is 3.71. The maximum atomic E-state index is 12.1. The Morgan fingerprint density at radius 2 is 1.07 bits per heavy atom. The number of ether oxygens (including phenoxy) is 2. The molecule has 0 aliphatic heterocycles. The molecule has 0 N–H and O–H groups in total. The Balaban J connectivity index is 1.46. The second-order valence-corrected chi connectivity index (χ2v) is 5.85. The van der Waals surface area contributed by atoms with E-state index in [0.29, 0.717) is 10.8 Å². The molecule has 0 saturated carbocycles. The Hall–Kier alpha value is -4.06. The average Bonchev–Trinajstić information content (AvgIpc) is 2.73. The minimum Gasteiger partial charge on any atom is -0.404 e. The number of benzene rings is 2. The highest BCUT2D eigenvalue weighted by Crippen LogP contribution is 2.23. The van der Waals surface area contributed by atoms with Crippen LogP contribution < -0.4 is 9.47 Å². The van der Waals surface area contributed by atoms with Crippen molar-refractivity contribution in [3.63, 3.8) is 0 Å². The lowest BCUT2D eigenvalue weighted by atomic mass is 10.2. The summed E-state index contributed by atoms with van der Waals surface area (Å²) >= 11 is 0. The van der Waals surface area contributed by atoms with Crippen LogP contribution in [0.1, 0.15) is 0 Å². The summed E-state index contributed by atoms with van der Waals surface area (Å²) in [6.07, 6.45) is 5.10. The zero-order valence-corrected chi connectivity index (χ0v) is 14.6. The van der Waals surface area contributed by atoms with E-state index in [-0.39, 0.29) is 11.8 Å². The average molecular weight is 370 g/mol. The molecule has 2 aromatic carbocycles. The molecule has 136 valence electrons. The second-order valence-electron chi connectivity index (χ2n) is 5.85. The molecule has 0 aliphatic rings. The molecule has 0 saturated heterocycles. The van der Waals surface area contributed by atoms with Crippen molar-refractivity contribution in [1.29, 1.82) is 0 Å². The minimum absolute atomic E-state index is 0.178. The quantitative estimate of drug-likeness (QED) is 0.401. The highest BCUT2D eigenvalue weighted by molar-refractivity contribution is 5.96. The fourth-order valence-electron chi connectivity index (χ4n) is 2.74. The van der Waals surface area contributed by atoms with Crippen molar-refractivity contribution in [2.45, 2.75) is 0 Å². The molecule has 4 aromatic rings. The van der Waals surface area contributed by atoms with E-state index in [1.807, 2.05) is 48.5 Å². The molecule has 2 aromatic heterocycles.